The SMILES string of the molecule is Cc1ccc(C(=O)[C@H](C)Oc2ccc(S(=O)(=O)N3CCOCC3)cc2)cc1. The third kappa shape index (κ3) is 4.55. The zero-order valence-corrected chi connectivity index (χ0v) is 16.2. The lowest BCUT2D eigenvalue weighted by molar-refractivity contribution is 0.0730. The van der Waals surface area contributed by atoms with Gasteiger partial charge in [-0.15, -0.1) is 0 Å². The second-order valence-corrected chi connectivity index (χ2v) is 8.42. The minimum absolute atomic E-state index is 0.125. The average Bonchev–Trinajstić information content (AvgIpc) is 2.69. The van der Waals surface area contributed by atoms with Crippen LogP contribution in [0.15, 0.2) is 53.4 Å². The second kappa shape index (κ2) is 8.21. The Hall–Kier alpha value is -2.22. The second-order valence-electron chi connectivity index (χ2n) is 6.48. The lowest BCUT2D eigenvalue weighted by Crippen LogP contribution is -2.40. The summed E-state index contributed by atoms with van der Waals surface area (Å²) < 4.78 is 37.5. The third-order valence-corrected chi connectivity index (χ3v) is 6.36. The monoisotopic (exact) mass is 389 g/mol. The highest BCUT2D eigenvalue weighted by molar-refractivity contribution is 7.89. The van der Waals surface area contributed by atoms with Crippen LogP contribution in [0, 0.1) is 6.92 Å². The van der Waals surface area contributed by atoms with Gasteiger partial charge in [0, 0.05) is 18.7 Å². The van der Waals surface area contributed by atoms with Crippen molar-refractivity contribution < 1.29 is 22.7 Å². The van der Waals surface area contributed by atoms with Gasteiger partial charge < -0.3 is 9.47 Å². The summed E-state index contributed by atoms with van der Waals surface area (Å²) in [6.45, 7) is 5.14. The smallest absolute Gasteiger partial charge is 0.243 e. The molecule has 144 valence electrons. The molecular weight excluding hydrogens is 366 g/mol. The van der Waals surface area contributed by atoms with Crippen molar-refractivity contribution in [2.24, 2.45) is 0 Å². The molecule has 6 nitrogen and oxygen atoms in total. The van der Waals surface area contributed by atoms with Crippen molar-refractivity contribution in [3.63, 3.8) is 0 Å². The van der Waals surface area contributed by atoms with Crippen LogP contribution in [0.25, 0.3) is 0 Å². The number of carbonyl (C=O) groups is 1. The average molecular weight is 389 g/mol. The summed E-state index contributed by atoms with van der Waals surface area (Å²) in [5, 5.41) is 0. The number of aryl methyl sites for hydroxylation is 1. The Balaban J connectivity index is 1.68. The molecule has 1 heterocycles. The minimum Gasteiger partial charge on any atom is -0.483 e. The molecular formula is C20H23NO5S. The van der Waals surface area contributed by atoms with Crippen molar-refractivity contribution >= 4 is 15.8 Å². The highest BCUT2D eigenvalue weighted by Crippen LogP contribution is 2.21. The number of hydrogen-bond donors (Lipinski definition) is 0. The number of ether oxygens (including phenoxy) is 2. The first-order chi connectivity index (χ1) is 12.9. The van der Waals surface area contributed by atoms with Crippen molar-refractivity contribution in [1.82, 2.24) is 4.31 Å². The molecule has 0 N–H and O–H groups in total. The van der Waals surface area contributed by atoms with E-state index in [1.54, 1.807) is 31.2 Å². The predicted octanol–water partition coefficient (Wildman–Crippen LogP) is 2.67. The number of nitrogens with zero attached hydrogens (tertiary/aromatic N) is 1. The van der Waals surface area contributed by atoms with Crippen LogP contribution in [0.2, 0.25) is 0 Å². The molecule has 0 saturated carbocycles. The molecule has 1 saturated heterocycles. The summed E-state index contributed by atoms with van der Waals surface area (Å²) >= 11 is 0. The summed E-state index contributed by atoms with van der Waals surface area (Å²) in [6.07, 6.45) is -0.672. The van der Waals surface area contributed by atoms with Gasteiger partial charge in [0.25, 0.3) is 0 Å². The molecule has 1 atom stereocenters. The van der Waals surface area contributed by atoms with Crippen LogP contribution in [-0.2, 0) is 14.8 Å². The fourth-order valence-corrected chi connectivity index (χ4v) is 4.24. The van der Waals surface area contributed by atoms with Crippen LogP contribution >= 0.6 is 0 Å². The molecule has 0 bridgehead atoms. The number of hydrogen-bond acceptors (Lipinski definition) is 5. The van der Waals surface area contributed by atoms with Crippen molar-refractivity contribution in [1.29, 1.82) is 0 Å². The summed E-state index contributed by atoms with van der Waals surface area (Å²) in [4.78, 5) is 12.7. The Labute approximate surface area is 159 Å². The summed E-state index contributed by atoms with van der Waals surface area (Å²) in [5.41, 5.74) is 1.66. The van der Waals surface area contributed by atoms with Crippen LogP contribution < -0.4 is 4.74 Å². The van der Waals surface area contributed by atoms with E-state index in [1.165, 1.54) is 16.4 Å². The number of morpholine rings is 1. The minimum atomic E-state index is -3.54. The van der Waals surface area contributed by atoms with E-state index in [2.05, 4.69) is 0 Å². The molecule has 2 aromatic rings. The molecule has 1 fully saturated rings. The maximum Gasteiger partial charge on any atom is 0.243 e. The van der Waals surface area contributed by atoms with E-state index in [4.69, 9.17) is 9.47 Å². The van der Waals surface area contributed by atoms with Gasteiger partial charge in [0.05, 0.1) is 18.1 Å². The van der Waals surface area contributed by atoms with E-state index in [0.29, 0.717) is 37.6 Å². The van der Waals surface area contributed by atoms with Crippen molar-refractivity contribution in [3.05, 3.63) is 59.7 Å². The van der Waals surface area contributed by atoms with Crippen LogP contribution in [0.4, 0.5) is 0 Å². The van der Waals surface area contributed by atoms with E-state index in [-0.39, 0.29) is 10.7 Å². The highest BCUT2D eigenvalue weighted by Gasteiger charge is 2.26. The van der Waals surface area contributed by atoms with Gasteiger partial charge in [0.1, 0.15) is 5.75 Å². The van der Waals surface area contributed by atoms with Gasteiger partial charge in [0.2, 0.25) is 15.8 Å². The predicted molar refractivity (Wildman–Crippen MR) is 102 cm³/mol. The Bertz CT molecular complexity index is 885. The summed E-state index contributed by atoms with van der Waals surface area (Å²) in [7, 11) is -3.54. The van der Waals surface area contributed by atoms with Crippen molar-refractivity contribution in [2.75, 3.05) is 26.3 Å². The molecule has 0 spiro atoms. The first-order valence-electron chi connectivity index (χ1n) is 8.83. The van der Waals surface area contributed by atoms with E-state index in [1.807, 2.05) is 19.1 Å². The Morgan fingerprint density at radius 3 is 2.22 bits per heavy atom. The fourth-order valence-electron chi connectivity index (χ4n) is 2.84. The largest absolute Gasteiger partial charge is 0.483 e. The van der Waals surface area contributed by atoms with Crippen LogP contribution in [0.3, 0.4) is 0 Å². The Morgan fingerprint density at radius 1 is 1.04 bits per heavy atom. The normalized spacial score (nSPS) is 16.7. The topological polar surface area (TPSA) is 72.9 Å². The number of Topliss-reactive ketones (excluding diaryl/α,β-unsaturated/α-hetero) is 1. The van der Waals surface area contributed by atoms with Crippen LogP contribution in [-0.4, -0.2) is 50.9 Å². The van der Waals surface area contributed by atoms with Gasteiger partial charge in [0.15, 0.2) is 6.10 Å². The maximum absolute atomic E-state index is 12.6. The quantitative estimate of drug-likeness (QED) is 0.710. The molecule has 1 aliphatic heterocycles. The van der Waals surface area contributed by atoms with E-state index in [9.17, 15) is 13.2 Å². The van der Waals surface area contributed by atoms with Gasteiger partial charge >= 0.3 is 0 Å². The van der Waals surface area contributed by atoms with Gasteiger partial charge in [-0.2, -0.15) is 4.31 Å². The standard InChI is InChI=1S/C20H23NO5S/c1-15-3-5-17(6-4-15)20(22)16(2)26-18-7-9-19(10-8-18)27(23,24)21-11-13-25-14-12-21/h3-10,16H,11-14H2,1-2H3/t16-/m0/s1. The number of sulfonamides is 1. The molecule has 1 aliphatic rings. The summed E-state index contributed by atoms with van der Waals surface area (Å²) in [5.74, 6) is 0.323. The first kappa shape index (κ1) is 19.5. The molecule has 0 unspecified atom stereocenters. The Kier molecular flexibility index (Phi) is 5.94. The number of rotatable bonds is 6. The van der Waals surface area contributed by atoms with E-state index >= 15 is 0 Å². The third-order valence-electron chi connectivity index (χ3n) is 4.45. The fraction of sp³-hybridized carbons (Fsp3) is 0.350. The molecule has 0 radical (unpaired) electrons. The number of carbonyl (C=O) groups excluding carboxylic acids is 1. The van der Waals surface area contributed by atoms with E-state index < -0.39 is 16.1 Å². The molecule has 2 aromatic carbocycles. The zero-order valence-electron chi connectivity index (χ0n) is 15.4. The van der Waals surface area contributed by atoms with Gasteiger partial charge in [-0.3, -0.25) is 4.79 Å². The van der Waals surface area contributed by atoms with Gasteiger partial charge in [-0.1, -0.05) is 29.8 Å². The molecule has 0 amide bonds. The first-order valence-corrected chi connectivity index (χ1v) is 10.3. The lowest BCUT2D eigenvalue weighted by atomic mass is 10.1. The van der Waals surface area contributed by atoms with Gasteiger partial charge in [-0.05, 0) is 38.1 Å². The number of ketones is 1. The molecule has 0 aliphatic carbocycles. The molecule has 27 heavy (non-hydrogen) atoms. The highest BCUT2D eigenvalue weighted by atomic mass is 32.2. The Morgan fingerprint density at radius 2 is 1.63 bits per heavy atom. The maximum atomic E-state index is 12.6. The number of benzene rings is 2. The van der Waals surface area contributed by atoms with Gasteiger partial charge in [-0.25, -0.2) is 8.42 Å². The molecule has 0 aromatic heterocycles. The lowest BCUT2D eigenvalue weighted by Gasteiger charge is -2.26. The molecule has 7 heteroatoms. The molecule has 3 rings (SSSR count). The summed E-state index contributed by atoms with van der Waals surface area (Å²) in [6, 6.07) is 13.5. The van der Waals surface area contributed by atoms with Crippen molar-refractivity contribution in [3.8, 4) is 5.75 Å². The van der Waals surface area contributed by atoms with E-state index in [0.717, 1.165) is 5.56 Å². The van der Waals surface area contributed by atoms with Crippen LogP contribution in [0.1, 0.15) is 22.8 Å². The van der Waals surface area contributed by atoms with Crippen molar-refractivity contribution in [2.45, 2.75) is 24.8 Å². The van der Waals surface area contributed by atoms with Crippen LogP contribution in [0.5, 0.6) is 5.75 Å². The zero-order chi connectivity index (χ0) is 19.4.